The molecule has 5 aromatic heterocycles. The van der Waals surface area contributed by atoms with E-state index in [1.165, 1.54) is 6.07 Å². The summed E-state index contributed by atoms with van der Waals surface area (Å²) >= 11 is 0. The predicted molar refractivity (Wildman–Crippen MR) is 143 cm³/mol. The number of anilines is 1. The number of hydrogen-bond donors (Lipinski definition) is 3. The van der Waals surface area contributed by atoms with E-state index in [0.29, 0.717) is 57.0 Å². The quantitative estimate of drug-likeness (QED) is 0.264. The van der Waals surface area contributed by atoms with E-state index in [9.17, 15) is 4.79 Å². The predicted octanol–water partition coefficient (Wildman–Crippen LogP) is 5.75. The van der Waals surface area contributed by atoms with Crippen molar-refractivity contribution in [2.75, 3.05) is 5.32 Å². The Balaban J connectivity index is 1.41. The van der Waals surface area contributed by atoms with Gasteiger partial charge in [0.2, 0.25) is 5.91 Å². The first kappa shape index (κ1) is 23.4. The minimum atomic E-state index is -0.485. The second-order valence-corrected chi connectivity index (χ2v) is 9.42. The molecule has 0 unspecified atom stereocenters. The summed E-state index contributed by atoms with van der Waals surface area (Å²) in [6, 6.07) is 12.4. The second kappa shape index (κ2) is 9.47. The number of amides is 1. The average Bonchev–Trinajstić information content (AvgIpc) is 3.53. The van der Waals surface area contributed by atoms with E-state index in [1.807, 2.05) is 44.2 Å². The number of pyridine rings is 3. The van der Waals surface area contributed by atoms with Crippen molar-refractivity contribution in [3.05, 3.63) is 73.1 Å². The first-order valence-corrected chi connectivity index (χ1v) is 12.2. The summed E-state index contributed by atoms with van der Waals surface area (Å²) < 4.78 is 15.2. The third-order valence-corrected chi connectivity index (χ3v) is 6.11. The van der Waals surface area contributed by atoms with Gasteiger partial charge in [0.1, 0.15) is 22.4 Å². The summed E-state index contributed by atoms with van der Waals surface area (Å²) in [6.45, 7) is 3.96. The highest BCUT2D eigenvalue weighted by Gasteiger charge is 2.19. The van der Waals surface area contributed by atoms with Crippen LogP contribution in [0.25, 0.3) is 56.0 Å². The van der Waals surface area contributed by atoms with Gasteiger partial charge in [0, 0.05) is 36.0 Å². The van der Waals surface area contributed by atoms with Crippen LogP contribution in [0, 0.1) is 11.7 Å². The number of benzene rings is 1. The molecule has 0 aliphatic carbocycles. The fourth-order valence-electron chi connectivity index (χ4n) is 4.42. The zero-order valence-corrected chi connectivity index (χ0v) is 20.7. The van der Waals surface area contributed by atoms with Gasteiger partial charge in [0.15, 0.2) is 11.6 Å². The molecule has 5 heterocycles. The van der Waals surface area contributed by atoms with Gasteiger partial charge in [-0.2, -0.15) is 5.10 Å². The summed E-state index contributed by atoms with van der Waals surface area (Å²) in [4.78, 5) is 33.4. The molecule has 6 rings (SSSR count). The summed E-state index contributed by atoms with van der Waals surface area (Å²) in [7, 11) is 0. The number of aromatic amines is 2. The lowest BCUT2D eigenvalue weighted by Gasteiger charge is -2.09. The number of fused-ring (bicyclic) bond motifs is 2. The molecule has 0 aliphatic rings. The van der Waals surface area contributed by atoms with Gasteiger partial charge in [-0.25, -0.2) is 9.37 Å². The van der Waals surface area contributed by atoms with E-state index < -0.39 is 5.82 Å². The van der Waals surface area contributed by atoms with Crippen LogP contribution >= 0.6 is 0 Å². The smallest absolute Gasteiger partial charge is 0.224 e. The van der Waals surface area contributed by atoms with Gasteiger partial charge in [0.25, 0.3) is 0 Å². The fourth-order valence-corrected chi connectivity index (χ4v) is 4.42. The molecule has 0 aliphatic heterocycles. The fraction of sp³-hybridized carbons (Fsp3) is 0.143. The van der Waals surface area contributed by atoms with Crippen molar-refractivity contribution < 1.29 is 9.18 Å². The third kappa shape index (κ3) is 4.36. The Bertz CT molecular complexity index is 1790. The molecule has 1 amide bonds. The average molecular weight is 507 g/mol. The highest BCUT2D eigenvalue weighted by Crippen LogP contribution is 2.33. The standard InChI is InChI=1S/C28H23FN8O/c1-15(2)9-23(38)33-18-10-17(13-30-14-18)16-11-19-24(20(29)12-16)36-37-25(19)28-34-22-6-8-32-26(27(22)35-28)21-5-3-4-7-31-21/h3-8,10-15H,9H2,1-2H3,(H,33,38)(H,34,35)(H,36,37). The number of carbonyl (C=O) groups is 1. The van der Waals surface area contributed by atoms with Gasteiger partial charge in [-0.15, -0.1) is 0 Å². The minimum Gasteiger partial charge on any atom is -0.337 e. The summed E-state index contributed by atoms with van der Waals surface area (Å²) in [5, 5.41) is 10.6. The normalized spacial score (nSPS) is 11.5. The second-order valence-electron chi connectivity index (χ2n) is 9.42. The van der Waals surface area contributed by atoms with Crippen LogP contribution in [0.15, 0.2) is 67.3 Å². The molecule has 9 nitrogen and oxygen atoms in total. The van der Waals surface area contributed by atoms with E-state index >= 15 is 4.39 Å². The lowest BCUT2D eigenvalue weighted by molar-refractivity contribution is -0.116. The Labute approximate surface area is 216 Å². The Hall–Kier alpha value is -4.99. The van der Waals surface area contributed by atoms with E-state index in [1.54, 1.807) is 30.9 Å². The Kier molecular flexibility index (Phi) is 5.83. The number of carbonyl (C=O) groups excluding carboxylic acids is 1. The molecule has 0 spiro atoms. The molecular weight excluding hydrogens is 483 g/mol. The maximum atomic E-state index is 15.2. The molecule has 0 atom stereocenters. The van der Waals surface area contributed by atoms with Gasteiger partial charge < -0.3 is 10.3 Å². The number of hydrogen-bond acceptors (Lipinski definition) is 6. The van der Waals surface area contributed by atoms with E-state index in [0.717, 1.165) is 5.52 Å². The molecule has 1 aromatic carbocycles. The summed E-state index contributed by atoms with van der Waals surface area (Å²) in [5.41, 5.74) is 5.30. The molecule has 0 saturated heterocycles. The molecule has 3 N–H and O–H groups in total. The van der Waals surface area contributed by atoms with Gasteiger partial charge in [-0.05, 0) is 47.9 Å². The molecule has 10 heteroatoms. The number of nitrogens with zero attached hydrogens (tertiary/aromatic N) is 5. The van der Waals surface area contributed by atoms with Crippen molar-refractivity contribution in [3.8, 4) is 34.0 Å². The largest absolute Gasteiger partial charge is 0.337 e. The molecule has 0 bridgehead atoms. The van der Waals surface area contributed by atoms with Gasteiger partial charge >= 0.3 is 0 Å². The zero-order valence-electron chi connectivity index (χ0n) is 20.7. The lowest BCUT2D eigenvalue weighted by atomic mass is 10.0. The minimum absolute atomic E-state index is 0.0952. The van der Waals surface area contributed by atoms with Crippen LogP contribution in [-0.4, -0.2) is 41.0 Å². The molecule has 188 valence electrons. The van der Waals surface area contributed by atoms with Crippen molar-refractivity contribution in [2.45, 2.75) is 20.3 Å². The maximum Gasteiger partial charge on any atom is 0.224 e. The van der Waals surface area contributed by atoms with Crippen LogP contribution in [0.5, 0.6) is 0 Å². The molecule has 0 fully saturated rings. The van der Waals surface area contributed by atoms with E-state index in [-0.39, 0.29) is 17.3 Å². The monoisotopic (exact) mass is 506 g/mol. The maximum absolute atomic E-state index is 15.2. The van der Waals surface area contributed by atoms with Crippen LogP contribution < -0.4 is 5.32 Å². The van der Waals surface area contributed by atoms with Crippen LogP contribution in [0.2, 0.25) is 0 Å². The first-order valence-electron chi connectivity index (χ1n) is 12.2. The molecular formula is C28H23FN8O. The number of H-pyrrole nitrogens is 2. The number of halogens is 1. The Morgan fingerprint density at radius 1 is 1.03 bits per heavy atom. The highest BCUT2D eigenvalue weighted by molar-refractivity contribution is 5.98. The van der Waals surface area contributed by atoms with Crippen molar-refractivity contribution in [1.29, 1.82) is 0 Å². The van der Waals surface area contributed by atoms with Crippen molar-refractivity contribution in [2.24, 2.45) is 5.92 Å². The SMILES string of the molecule is CC(C)CC(=O)Nc1cncc(-c2cc(F)c3n[nH]c(-c4nc5c(-c6ccccn6)nccc5[nH]4)c3c2)c1. The summed E-state index contributed by atoms with van der Waals surface area (Å²) in [5.74, 6) is 0.150. The van der Waals surface area contributed by atoms with Gasteiger partial charge in [-0.1, -0.05) is 19.9 Å². The van der Waals surface area contributed by atoms with E-state index in [2.05, 4.69) is 35.5 Å². The van der Waals surface area contributed by atoms with Crippen LogP contribution in [0.4, 0.5) is 10.1 Å². The molecule has 0 radical (unpaired) electrons. The first-order chi connectivity index (χ1) is 18.5. The van der Waals surface area contributed by atoms with Crippen LogP contribution in [0.3, 0.4) is 0 Å². The van der Waals surface area contributed by atoms with Crippen molar-refractivity contribution in [3.63, 3.8) is 0 Å². The number of nitrogens with one attached hydrogen (secondary N) is 3. The van der Waals surface area contributed by atoms with Crippen LogP contribution in [-0.2, 0) is 4.79 Å². The van der Waals surface area contributed by atoms with Gasteiger partial charge in [-0.3, -0.25) is 24.8 Å². The van der Waals surface area contributed by atoms with E-state index in [4.69, 9.17) is 4.98 Å². The van der Waals surface area contributed by atoms with Crippen LogP contribution in [0.1, 0.15) is 20.3 Å². The Morgan fingerprint density at radius 3 is 2.74 bits per heavy atom. The number of aromatic nitrogens is 7. The highest BCUT2D eigenvalue weighted by atomic mass is 19.1. The molecule has 6 aromatic rings. The third-order valence-electron chi connectivity index (χ3n) is 6.11. The van der Waals surface area contributed by atoms with Gasteiger partial charge in [0.05, 0.1) is 23.1 Å². The molecule has 38 heavy (non-hydrogen) atoms. The zero-order chi connectivity index (χ0) is 26.2. The van der Waals surface area contributed by atoms with Crippen molar-refractivity contribution in [1.82, 2.24) is 35.1 Å². The molecule has 0 saturated carbocycles. The topological polar surface area (TPSA) is 125 Å². The Morgan fingerprint density at radius 2 is 1.92 bits per heavy atom. The summed E-state index contributed by atoms with van der Waals surface area (Å²) in [6.07, 6.45) is 7.00. The van der Waals surface area contributed by atoms with Crippen molar-refractivity contribution >= 4 is 33.5 Å². The lowest BCUT2D eigenvalue weighted by Crippen LogP contribution is -2.13. The number of rotatable bonds is 6. The number of imidazole rings is 1.